The van der Waals surface area contributed by atoms with Gasteiger partial charge in [-0.2, -0.15) is 0 Å². The number of likely N-dealkylation sites (tertiary alicyclic amines) is 1. The van der Waals surface area contributed by atoms with Gasteiger partial charge < -0.3 is 10.0 Å². The minimum Gasteiger partial charge on any atom is -0.479 e. The van der Waals surface area contributed by atoms with E-state index in [4.69, 9.17) is 0 Å². The van der Waals surface area contributed by atoms with Crippen molar-refractivity contribution in [2.45, 2.75) is 18.4 Å². The first-order valence-electron chi connectivity index (χ1n) is 5.14. The van der Waals surface area contributed by atoms with E-state index in [0.29, 0.717) is 12.0 Å². The monoisotopic (exact) mass is 219 g/mol. The Bertz CT molecular complexity index is 429. The summed E-state index contributed by atoms with van der Waals surface area (Å²) in [6, 6.07) is 8.91. The van der Waals surface area contributed by atoms with Gasteiger partial charge in [-0.05, 0) is 12.0 Å². The summed E-state index contributed by atoms with van der Waals surface area (Å²) in [6.45, 7) is 0. The molecule has 4 nitrogen and oxygen atoms in total. The van der Waals surface area contributed by atoms with E-state index < -0.39 is 11.5 Å². The molecule has 0 aliphatic carbocycles. The maximum Gasteiger partial charge on any atom is 0.334 e. The number of hydrogen-bond acceptors (Lipinski definition) is 2. The molecule has 84 valence electrons. The summed E-state index contributed by atoms with van der Waals surface area (Å²) >= 11 is 0. The first kappa shape index (κ1) is 10.7. The van der Waals surface area contributed by atoms with Crippen molar-refractivity contribution in [3.05, 3.63) is 35.9 Å². The Morgan fingerprint density at radius 1 is 1.38 bits per heavy atom. The Kier molecular flexibility index (Phi) is 2.42. The third-order valence-corrected chi connectivity index (χ3v) is 3.25. The third-order valence-electron chi connectivity index (χ3n) is 3.25. The van der Waals surface area contributed by atoms with Crippen molar-refractivity contribution in [1.82, 2.24) is 4.90 Å². The minimum absolute atomic E-state index is 0.119. The highest BCUT2D eigenvalue weighted by atomic mass is 16.4. The molecule has 1 N–H and O–H groups in total. The summed E-state index contributed by atoms with van der Waals surface area (Å²) < 4.78 is 0. The lowest BCUT2D eigenvalue weighted by molar-refractivity contribution is -0.153. The summed E-state index contributed by atoms with van der Waals surface area (Å²) in [5.41, 5.74) is -0.519. The molecule has 0 radical (unpaired) electrons. The fraction of sp³-hybridized carbons (Fsp3) is 0.333. The smallest absolute Gasteiger partial charge is 0.334 e. The molecule has 0 unspecified atom stereocenters. The highest BCUT2D eigenvalue weighted by molar-refractivity contribution is 5.91. The van der Waals surface area contributed by atoms with Crippen LogP contribution in [0.15, 0.2) is 30.3 Å². The van der Waals surface area contributed by atoms with Gasteiger partial charge in [0.15, 0.2) is 5.54 Å². The topological polar surface area (TPSA) is 57.6 Å². The van der Waals surface area contributed by atoms with E-state index in [1.807, 2.05) is 6.07 Å². The number of likely N-dealkylation sites (N-methyl/N-ethyl adjacent to an activating group) is 1. The number of nitrogens with zero attached hydrogens (tertiary/aromatic N) is 1. The van der Waals surface area contributed by atoms with Crippen LogP contribution in [0.4, 0.5) is 0 Å². The highest BCUT2D eigenvalue weighted by Gasteiger charge is 2.50. The van der Waals surface area contributed by atoms with Crippen LogP contribution in [0, 0.1) is 0 Å². The predicted octanol–water partition coefficient (Wildman–Crippen LogP) is 1.22. The Hall–Kier alpha value is -1.84. The number of carboxylic acids is 1. The van der Waals surface area contributed by atoms with E-state index in [1.54, 1.807) is 31.3 Å². The number of aliphatic carboxylic acids is 1. The lowest BCUT2D eigenvalue weighted by atomic mass is 9.87. The van der Waals surface area contributed by atoms with Crippen LogP contribution >= 0.6 is 0 Å². The summed E-state index contributed by atoms with van der Waals surface area (Å²) in [4.78, 5) is 24.4. The number of carbonyl (C=O) groups is 2. The normalized spacial score (nSPS) is 24.8. The van der Waals surface area contributed by atoms with Crippen LogP contribution in [0.2, 0.25) is 0 Å². The molecule has 0 aromatic heterocycles. The van der Waals surface area contributed by atoms with Crippen LogP contribution in [-0.4, -0.2) is 28.9 Å². The molecule has 1 amide bonds. The average molecular weight is 219 g/mol. The molecule has 1 aliphatic rings. The zero-order valence-corrected chi connectivity index (χ0v) is 9.01. The molecule has 0 saturated carbocycles. The van der Waals surface area contributed by atoms with Gasteiger partial charge in [0, 0.05) is 13.5 Å². The van der Waals surface area contributed by atoms with E-state index in [9.17, 15) is 14.7 Å². The molecule has 1 fully saturated rings. The van der Waals surface area contributed by atoms with Crippen molar-refractivity contribution in [3.8, 4) is 0 Å². The zero-order chi connectivity index (χ0) is 11.8. The molecule has 2 rings (SSSR count). The average Bonchev–Trinajstić information content (AvgIpc) is 2.59. The van der Waals surface area contributed by atoms with E-state index in [-0.39, 0.29) is 12.3 Å². The number of rotatable bonds is 2. The molecule has 1 aliphatic heterocycles. The van der Waals surface area contributed by atoms with Gasteiger partial charge in [-0.3, -0.25) is 4.79 Å². The lowest BCUT2D eigenvalue weighted by Crippen LogP contribution is -2.47. The van der Waals surface area contributed by atoms with Gasteiger partial charge in [-0.1, -0.05) is 30.3 Å². The maximum absolute atomic E-state index is 11.5. The van der Waals surface area contributed by atoms with Gasteiger partial charge in [0.2, 0.25) is 5.91 Å². The van der Waals surface area contributed by atoms with Crippen molar-refractivity contribution in [1.29, 1.82) is 0 Å². The fourth-order valence-electron chi connectivity index (χ4n) is 2.26. The number of benzene rings is 1. The SMILES string of the molecule is CN1C(=O)CC[C@]1(C(=O)O)c1ccccc1. The van der Waals surface area contributed by atoms with Crippen LogP contribution in [0.1, 0.15) is 18.4 Å². The second-order valence-electron chi connectivity index (χ2n) is 3.98. The number of hydrogen-bond donors (Lipinski definition) is 1. The van der Waals surface area contributed by atoms with Crippen LogP contribution in [0.3, 0.4) is 0 Å². The van der Waals surface area contributed by atoms with E-state index in [0.717, 1.165) is 0 Å². The molecular formula is C12H13NO3. The molecule has 16 heavy (non-hydrogen) atoms. The number of carbonyl (C=O) groups excluding carboxylic acids is 1. The van der Waals surface area contributed by atoms with Gasteiger partial charge in [-0.15, -0.1) is 0 Å². The quantitative estimate of drug-likeness (QED) is 0.813. The van der Waals surface area contributed by atoms with Crippen LogP contribution < -0.4 is 0 Å². The number of carboxylic acid groups (broad SMARTS) is 1. The van der Waals surface area contributed by atoms with Crippen molar-refractivity contribution in [2.24, 2.45) is 0 Å². The second-order valence-corrected chi connectivity index (χ2v) is 3.98. The zero-order valence-electron chi connectivity index (χ0n) is 9.01. The van der Waals surface area contributed by atoms with Crippen molar-refractivity contribution in [3.63, 3.8) is 0 Å². The summed E-state index contributed by atoms with van der Waals surface area (Å²) in [5.74, 6) is -1.08. The Labute approximate surface area is 93.5 Å². The largest absolute Gasteiger partial charge is 0.479 e. The summed E-state index contributed by atoms with van der Waals surface area (Å²) in [5, 5.41) is 9.41. The molecule has 1 saturated heterocycles. The van der Waals surface area contributed by atoms with Gasteiger partial charge >= 0.3 is 5.97 Å². The van der Waals surface area contributed by atoms with Crippen LogP contribution in [-0.2, 0) is 15.1 Å². The predicted molar refractivity (Wildman–Crippen MR) is 57.8 cm³/mol. The van der Waals surface area contributed by atoms with Crippen molar-refractivity contribution >= 4 is 11.9 Å². The molecule has 0 spiro atoms. The van der Waals surface area contributed by atoms with Crippen LogP contribution in [0.5, 0.6) is 0 Å². The van der Waals surface area contributed by atoms with Crippen LogP contribution in [0.25, 0.3) is 0 Å². The van der Waals surface area contributed by atoms with Crippen molar-refractivity contribution in [2.75, 3.05) is 7.05 Å². The molecule has 1 aromatic rings. The maximum atomic E-state index is 11.5. The summed E-state index contributed by atoms with van der Waals surface area (Å²) in [6.07, 6.45) is 0.624. The Balaban J connectivity index is 2.54. The van der Waals surface area contributed by atoms with Gasteiger partial charge in [0.05, 0.1) is 0 Å². The summed E-state index contributed by atoms with van der Waals surface area (Å²) in [7, 11) is 1.55. The van der Waals surface area contributed by atoms with E-state index in [2.05, 4.69) is 0 Å². The Morgan fingerprint density at radius 3 is 2.44 bits per heavy atom. The second kappa shape index (κ2) is 3.63. The van der Waals surface area contributed by atoms with Gasteiger partial charge in [0.1, 0.15) is 0 Å². The standard InChI is InChI=1S/C12H13NO3/c1-13-10(14)7-8-12(13,11(15)16)9-5-3-2-4-6-9/h2-6H,7-8H2,1H3,(H,15,16)/t12-/m1/s1. The molecule has 0 bridgehead atoms. The van der Waals surface area contributed by atoms with Gasteiger partial charge in [0.25, 0.3) is 0 Å². The molecular weight excluding hydrogens is 206 g/mol. The van der Waals surface area contributed by atoms with Gasteiger partial charge in [-0.25, -0.2) is 4.79 Å². The first-order chi connectivity index (χ1) is 7.59. The van der Waals surface area contributed by atoms with E-state index in [1.165, 1.54) is 4.90 Å². The van der Waals surface area contributed by atoms with E-state index >= 15 is 0 Å². The number of amides is 1. The lowest BCUT2D eigenvalue weighted by Gasteiger charge is -2.32. The minimum atomic E-state index is -1.18. The fourth-order valence-corrected chi connectivity index (χ4v) is 2.26. The molecule has 1 aromatic carbocycles. The third kappa shape index (κ3) is 1.30. The molecule has 1 atom stereocenters. The highest BCUT2D eigenvalue weighted by Crippen LogP contribution is 2.38. The van der Waals surface area contributed by atoms with Crippen molar-refractivity contribution < 1.29 is 14.7 Å². The molecule has 1 heterocycles. The first-order valence-corrected chi connectivity index (χ1v) is 5.14. The Morgan fingerprint density at radius 2 is 2.00 bits per heavy atom. The molecule has 4 heteroatoms.